The van der Waals surface area contributed by atoms with Crippen LogP contribution < -0.4 is 10.5 Å². The first-order chi connectivity index (χ1) is 8.76. The van der Waals surface area contributed by atoms with Gasteiger partial charge in [-0.15, -0.1) is 12.4 Å². The highest BCUT2D eigenvalue weighted by Gasteiger charge is 2.17. The molecule has 0 saturated carbocycles. The molecule has 0 aliphatic carbocycles. The Labute approximate surface area is 117 Å². The summed E-state index contributed by atoms with van der Waals surface area (Å²) in [5, 5.41) is 12.7. The third-order valence-corrected chi connectivity index (χ3v) is 2.71. The molecule has 1 aromatic heterocycles. The molecule has 2 rings (SSSR count). The maximum Gasteiger partial charge on any atom is 0.180 e. The summed E-state index contributed by atoms with van der Waals surface area (Å²) in [6.45, 7) is 2.01. The lowest BCUT2D eigenvalue weighted by Crippen LogP contribution is -2.34. The van der Waals surface area contributed by atoms with Crippen LogP contribution in [0.2, 0.25) is 0 Å². The fourth-order valence-electron chi connectivity index (χ4n) is 1.81. The summed E-state index contributed by atoms with van der Waals surface area (Å²) in [6, 6.07) is 7.48. The summed E-state index contributed by atoms with van der Waals surface area (Å²) < 4.78 is 11.1. The van der Waals surface area contributed by atoms with Gasteiger partial charge in [-0.05, 0) is 18.6 Å². The summed E-state index contributed by atoms with van der Waals surface area (Å²) in [4.78, 5) is 0. The topological polar surface area (TPSA) is 81.0 Å². The molecule has 0 saturated heterocycles. The van der Waals surface area contributed by atoms with Crippen molar-refractivity contribution in [2.75, 3.05) is 0 Å². The van der Waals surface area contributed by atoms with Crippen LogP contribution in [-0.4, -0.2) is 17.1 Å². The average molecular weight is 285 g/mol. The number of nitrogens with zero attached hydrogens (tertiary/aromatic N) is 1. The third-order valence-electron chi connectivity index (χ3n) is 2.71. The van der Waals surface area contributed by atoms with Crippen LogP contribution in [0, 0.1) is 0 Å². The first-order valence-electron chi connectivity index (χ1n) is 5.86. The van der Waals surface area contributed by atoms with Crippen LogP contribution in [0.4, 0.5) is 0 Å². The first kappa shape index (κ1) is 15.2. The standard InChI is InChI=1S/C13H16N2O3.ClH/c1-2-4-11(13(14)15-16)18-10-6-3-5-9-7-8-17-12(9)10;/h3,5-8,11,16H,2,4H2,1H3,(H2,14,15);1H. The zero-order chi connectivity index (χ0) is 13.0. The predicted octanol–water partition coefficient (Wildman–Crippen LogP) is 3.15. The van der Waals surface area contributed by atoms with Gasteiger partial charge in [0.05, 0.1) is 6.26 Å². The highest BCUT2D eigenvalue weighted by molar-refractivity contribution is 5.86. The smallest absolute Gasteiger partial charge is 0.180 e. The lowest BCUT2D eigenvalue weighted by atomic mass is 10.2. The molecule has 0 radical (unpaired) electrons. The zero-order valence-electron chi connectivity index (χ0n) is 10.6. The van der Waals surface area contributed by atoms with Crippen LogP contribution in [0.1, 0.15) is 19.8 Å². The summed E-state index contributed by atoms with van der Waals surface area (Å²) in [5.74, 6) is 0.669. The van der Waals surface area contributed by atoms with Crippen molar-refractivity contribution in [2.45, 2.75) is 25.9 Å². The van der Waals surface area contributed by atoms with E-state index in [0.29, 0.717) is 17.8 Å². The summed E-state index contributed by atoms with van der Waals surface area (Å²) in [5.41, 5.74) is 6.29. The minimum absolute atomic E-state index is 0. The van der Waals surface area contributed by atoms with Crippen molar-refractivity contribution in [3.63, 3.8) is 0 Å². The average Bonchev–Trinajstić information content (AvgIpc) is 2.86. The number of halogens is 1. The van der Waals surface area contributed by atoms with Gasteiger partial charge in [0, 0.05) is 5.39 Å². The summed E-state index contributed by atoms with van der Waals surface area (Å²) >= 11 is 0. The van der Waals surface area contributed by atoms with Crippen molar-refractivity contribution in [3.05, 3.63) is 30.5 Å². The molecule has 104 valence electrons. The van der Waals surface area contributed by atoms with E-state index in [1.165, 1.54) is 0 Å². The van der Waals surface area contributed by atoms with Crippen LogP contribution in [0.25, 0.3) is 11.0 Å². The van der Waals surface area contributed by atoms with E-state index in [0.717, 1.165) is 11.8 Å². The van der Waals surface area contributed by atoms with E-state index >= 15 is 0 Å². The minimum Gasteiger partial charge on any atom is -0.478 e. The molecule has 2 aromatic rings. The molecule has 0 spiro atoms. The Morgan fingerprint density at radius 3 is 2.95 bits per heavy atom. The molecule has 1 unspecified atom stereocenters. The van der Waals surface area contributed by atoms with Gasteiger partial charge in [-0.1, -0.05) is 30.6 Å². The van der Waals surface area contributed by atoms with Crippen molar-refractivity contribution in [1.29, 1.82) is 0 Å². The van der Waals surface area contributed by atoms with E-state index in [1.807, 2.05) is 25.1 Å². The molecule has 0 amide bonds. The molecular formula is C13H17ClN2O3. The number of hydrogen-bond donors (Lipinski definition) is 2. The van der Waals surface area contributed by atoms with Gasteiger partial charge < -0.3 is 20.1 Å². The maximum atomic E-state index is 8.74. The molecular weight excluding hydrogens is 268 g/mol. The van der Waals surface area contributed by atoms with E-state index in [9.17, 15) is 0 Å². The Hall–Kier alpha value is -1.88. The van der Waals surface area contributed by atoms with Crippen LogP contribution >= 0.6 is 12.4 Å². The van der Waals surface area contributed by atoms with Crippen LogP contribution in [-0.2, 0) is 0 Å². The summed E-state index contributed by atoms with van der Waals surface area (Å²) in [6.07, 6.45) is 2.70. The lowest BCUT2D eigenvalue weighted by molar-refractivity contribution is 0.240. The highest BCUT2D eigenvalue weighted by atomic mass is 35.5. The van der Waals surface area contributed by atoms with Gasteiger partial charge in [-0.2, -0.15) is 0 Å². The molecule has 1 atom stereocenters. The number of rotatable bonds is 5. The first-order valence-corrected chi connectivity index (χ1v) is 5.86. The van der Waals surface area contributed by atoms with Gasteiger partial charge >= 0.3 is 0 Å². The van der Waals surface area contributed by atoms with E-state index in [1.54, 1.807) is 12.3 Å². The van der Waals surface area contributed by atoms with Crippen LogP contribution in [0.3, 0.4) is 0 Å². The van der Waals surface area contributed by atoms with Crippen molar-refractivity contribution in [3.8, 4) is 5.75 Å². The van der Waals surface area contributed by atoms with Crippen LogP contribution in [0.5, 0.6) is 5.75 Å². The molecule has 1 heterocycles. The van der Waals surface area contributed by atoms with Gasteiger partial charge in [-0.3, -0.25) is 0 Å². The Balaban J connectivity index is 0.00000180. The Kier molecular flexibility index (Phi) is 5.51. The Bertz CT molecular complexity index is 554. The predicted molar refractivity (Wildman–Crippen MR) is 76.2 cm³/mol. The lowest BCUT2D eigenvalue weighted by Gasteiger charge is -2.17. The highest BCUT2D eigenvalue weighted by Crippen LogP contribution is 2.27. The molecule has 6 heteroatoms. The SMILES string of the molecule is CCCC(Oc1cccc2ccoc12)C(N)=NO.Cl. The van der Waals surface area contributed by atoms with Gasteiger partial charge in [0.15, 0.2) is 23.3 Å². The fourth-order valence-corrected chi connectivity index (χ4v) is 1.81. The summed E-state index contributed by atoms with van der Waals surface area (Å²) in [7, 11) is 0. The fraction of sp³-hybridized carbons (Fsp3) is 0.308. The number of amidine groups is 1. The monoisotopic (exact) mass is 284 g/mol. The Morgan fingerprint density at radius 2 is 2.26 bits per heavy atom. The van der Waals surface area contributed by atoms with Gasteiger partial charge in [0.2, 0.25) is 0 Å². The van der Waals surface area contributed by atoms with Crippen molar-refractivity contribution >= 4 is 29.2 Å². The van der Waals surface area contributed by atoms with Gasteiger partial charge in [-0.25, -0.2) is 0 Å². The zero-order valence-corrected chi connectivity index (χ0v) is 11.4. The molecule has 0 aliphatic heterocycles. The number of benzene rings is 1. The molecule has 0 aliphatic rings. The number of para-hydroxylation sites is 1. The number of furan rings is 1. The quantitative estimate of drug-likeness (QED) is 0.382. The minimum atomic E-state index is -0.448. The van der Waals surface area contributed by atoms with E-state index in [2.05, 4.69) is 5.16 Å². The molecule has 1 aromatic carbocycles. The van der Waals surface area contributed by atoms with Crippen molar-refractivity contribution in [2.24, 2.45) is 10.9 Å². The third kappa shape index (κ3) is 3.32. The maximum absolute atomic E-state index is 8.74. The van der Waals surface area contributed by atoms with Crippen molar-refractivity contribution < 1.29 is 14.4 Å². The number of nitrogens with two attached hydrogens (primary N) is 1. The van der Waals surface area contributed by atoms with Crippen LogP contribution in [0.15, 0.2) is 40.1 Å². The van der Waals surface area contributed by atoms with Gasteiger partial charge in [0.1, 0.15) is 0 Å². The van der Waals surface area contributed by atoms with E-state index in [4.69, 9.17) is 20.1 Å². The number of hydrogen-bond acceptors (Lipinski definition) is 4. The van der Waals surface area contributed by atoms with Crippen molar-refractivity contribution in [1.82, 2.24) is 0 Å². The molecule has 19 heavy (non-hydrogen) atoms. The second-order valence-corrected chi connectivity index (χ2v) is 4.02. The largest absolute Gasteiger partial charge is 0.478 e. The number of fused-ring (bicyclic) bond motifs is 1. The normalized spacial score (nSPS) is 13.0. The van der Waals surface area contributed by atoms with E-state index < -0.39 is 6.10 Å². The molecule has 3 N–H and O–H groups in total. The molecule has 5 nitrogen and oxygen atoms in total. The van der Waals surface area contributed by atoms with Gasteiger partial charge in [0.25, 0.3) is 0 Å². The molecule has 0 bridgehead atoms. The number of ether oxygens (including phenoxy) is 1. The number of oxime groups is 1. The molecule has 0 fully saturated rings. The second-order valence-electron chi connectivity index (χ2n) is 4.02. The second kappa shape index (κ2) is 6.89. The Morgan fingerprint density at radius 1 is 1.47 bits per heavy atom. The van der Waals surface area contributed by atoms with E-state index in [-0.39, 0.29) is 18.2 Å².